The van der Waals surface area contributed by atoms with Crippen molar-refractivity contribution >= 4 is 28.5 Å². The molecule has 88 valence electrons. The maximum Gasteiger partial charge on any atom is 0.0733 e. The van der Waals surface area contributed by atoms with Gasteiger partial charge in [-0.2, -0.15) is 0 Å². The first-order chi connectivity index (χ1) is 7.70. The summed E-state index contributed by atoms with van der Waals surface area (Å²) in [5, 5.41) is 2.10. The number of thiophene rings is 1. The Morgan fingerprint density at radius 3 is 2.94 bits per heavy atom. The molecule has 2 rings (SSSR count). The first-order valence-electron chi connectivity index (χ1n) is 5.59. The minimum absolute atomic E-state index is 0.293. The number of hydrogen-bond acceptors (Lipinski definition) is 3. The molecule has 1 aliphatic rings. The Morgan fingerprint density at radius 2 is 2.38 bits per heavy atom. The number of hydrogen-bond donors (Lipinski definition) is 1. The topological polar surface area (TPSA) is 35.2 Å². The summed E-state index contributed by atoms with van der Waals surface area (Å²) in [5.74, 6) is 0. The van der Waals surface area contributed by atoms with Crippen LogP contribution < -0.4 is 5.73 Å². The van der Waals surface area contributed by atoms with Gasteiger partial charge in [-0.15, -0.1) is 11.3 Å². The van der Waals surface area contributed by atoms with Gasteiger partial charge < -0.3 is 10.5 Å². The molecule has 0 radical (unpaired) electrons. The lowest BCUT2D eigenvalue weighted by Crippen LogP contribution is -2.20. The minimum atomic E-state index is 0.293. The molecule has 2 nitrogen and oxygen atoms in total. The predicted octanol–water partition coefficient (Wildman–Crippen LogP) is 2.76. The van der Waals surface area contributed by atoms with Crippen LogP contribution in [0.3, 0.4) is 0 Å². The lowest BCUT2D eigenvalue weighted by atomic mass is 10.0. The van der Waals surface area contributed by atoms with Gasteiger partial charge in [0, 0.05) is 23.1 Å². The third-order valence-corrected chi connectivity index (χ3v) is 4.07. The molecule has 0 bridgehead atoms. The Hall–Kier alpha value is -0.450. The van der Waals surface area contributed by atoms with Crippen molar-refractivity contribution < 1.29 is 4.74 Å². The van der Waals surface area contributed by atoms with Crippen LogP contribution in [0.1, 0.15) is 24.1 Å². The largest absolute Gasteiger partial charge is 0.393 e. The summed E-state index contributed by atoms with van der Waals surface area (Å²) >= 11 is 6.74. The van der Waals surface area contributed by atoms with Crippen molar-refractivity contribution in [3.63, 3.8) is 0 Å². The molecule has 16 heavy (non-hydrogen) atoms. The van der Waals surface area contributed by atoms with Gasteiger partial charge in [0.25, 0.3) is 0 Å². The highest BCUT2D eigenvalue weighted by Gasteiger charge is 2.43. The molecule has 1 aromatic heterocycles. The number of rotatable bonds is 7. The molecule has 4 heteroatoms. The zero-order chi connectivity index (χ0) is 11.4. The number of nitrogens with two attached hydrogens (primary N) is 1. The maximum atomic E-state index is 5.73. The zero-order valence-corrected chi connectivity index (χ0v) is 10.9. The summed E-state index contributed by atoms with van der Waals surface area (Å²) in [5.41, 5.74) is 5.87. The Morgan fingerprint density at radius 1 is 1.56 bits per heavy atom. The van der Waals surface area contributed by atoms with E-state index in [-0.39, 0.29) is 0 Å². The Balaban J connectivity index is 1.63. The van der Waals surface area contributed by atoms with Gasteiger partial charge in [-0.1, -0.05) is 18.3 Å². The van der Waals surface area contributed by atoms with Crippen LogP contribution in [0.2, 0.25) is 0 Å². The second-order valence-corrected chi connectivity index (χ2v) is 6.08. The highest BCUT2D eigenvalue weighted by molar-refractivity contribution is 7.80. The standard InChI is InChI=1S/C12H17NOS2/c13-11(15)8-12(4-5-12)9-14-6-3-10-2-1-7-16-10/h1-2,7H,3-6,8-9H2,(H2,13,15). The molecule has 1 fully saturated rings. The Bertz CT molecular complexity index is 344. The third kappa shape index (κ3) is 3.54. The van der Waals surface area contributed by atoms with Gasteiger partial charge in [0.2, 0.25) is 0 Å². The van der Waals surface area contributed by atoms with Crippen LogP contribution in [-0.2, 0) is 11.2 Å². The van der Waals surface area contributed by atoms with Crippen molar-refractivity contribution in [1.82, 2.24) is 0 Å². The Labute approximate surface area is 106 Å². The first-order valence-corrected chi connectivity index (χ1v) is 6.87. The average Bonchev–Trinajstić information content (AvgIpc) is 2.79. The van der Waals surface area contributed by atoms with Crippen LogP contribution in [0.4, 0.5) is 0 Å². The van der Waals surface area contributed by atoms with Crippen molar-refractivity contribution in [3.8, 4) is 0 Å². The molecule has 1 saturated carbocycles. The van der Waals surface area contributed by atoms with E-state index in [0.29, 0.717) is 10.4 Å². The van der Waals surface area contributed by atoms with E-state index in [1.807, 2.05) is 0 Å². The normalized spacial score (nSPS) is 17.2. The molecule has 0 atom stereocenters. The Kier molecular flexibility index (Phi) is 3.95. The third-order valence-electron chi connectivity index (χ3n) is 2.99. The van der Waals surface area contributed by atoms with Crippen molar-refractivity contribution in [2.45, 2.75) is 25.7 Å². The molecule has 1 aliphatic carbocycles. The van der Waals surface area contributed by atoms with E-state index in [0.717, 1.165) is 26.1 Å². The molecule has 0 spiro atoms. The maximum absolute atomic E-state index is 5.73. The first kappa shape index (κ1) is 12.0. The summed E-state index contributed by atoms with van der Waals surface area (Å²) in [6, 6.07) is 4.23. The average molecular weight is 255 g/mol. The van der Waals surface area contributed by atoms with E-state index in [1.54, 1.807) is 11.3 Å². The van der Waals surface area contributed by atoms with Crippen molar-refractivity contribution in [2.24, 2.45) is 11.1 Å². The number of thiocarbonyl (C=S) groups is 1. The molecule has 0 amide bonds. The molecule has 0 aliphatic heterocycles. The summed E-state index contributed by atoms with van der Waals surface area (Å²) in [6.45, 7) is 1.62. The second-order valence-electron chi connectivity index (χ2n) is 4.53. The van der Waals surface area contributed by atoms with Crippen molar-refractivity contribution in [1.29, 1.82) is 0 Å². The summed E-state index contributed by atoms with van der Waals surface area (Å²) < 4.78 is 5.73. The molecule has 2 N–H and O–H groups in total. The lowest BCUT2D eigenvalue weighted by molar-refractivity contribution is 0.0954. The minimum Gasteiger partial charge on any atom is -0.393 e. The second kappa shape index (κ2) is 5.25. The molecule has 0 unspecified atom stereocenters. The summed E-state index contributed by atoms with van der Waals surface area (Å²) in [7, 11) is 0. The van der Waals surface area contributed by atoms with Gasteiger partial charge >= 0.3 is 0 Å². The van der Waals surface area contributed by atoms with E-state index in [2.05, 4.69) is 17.5 Å². The quantitative estimate of drug-likeness (QED) is 0.601. The van der Waals surface area contributed by atoms with Crippen LogP contribution in [0.15, 0.2) is 17.5 Å². The fourth-order valence-electron chi connectivity index (χ4n) is 1.83. The van der Waals surface area contributed by atoms with Crippen LogP contribution in [0.25, 0.3) is 0 Å². The van der Waals surface area contributed by atoms with E-state index < -0.39 is 0 Å². The lowest BCUT2D eigenvalue weighted by Gasteiger charge is -2.14. The van der Waals surface area contributed by atoms with Gasteiger partial charge in [-0.05, 0) is 24.3 Å². The van der Waals surface area contributed by atoms with Crippen LogP contribution in [0, 0.1) is 5.41 Å². The zero-order valence-electron chi connectivity index (χ0n) is 9.28. The highest BCUT2D eigenvalue weighted by Crippen LogP contribution is 2.48. The monoisotopic (exact) mass is 255 g/mol. The van der Waals surface area contributed by atoms with Gasteiger partial charge in [0.05, 0.1) is 18.2 Å². The number of ether oxygens (including phenoxy) is 1. The van der Waals surface area contributed by atoms with Crippen molar-refractivity contribution in [2.75, 3.05) is 13.2 Å². The highest BCUT2D eigenvalue weighted by atomic mass is 32.1. The van der Waals surface area contributed by atoms with Gasteiger partial charge in [0.15, 0.2) is 0 Å². The van der Waals surface area contributed by atoms with Gasteiger partial charge in [0.1, 0.15) is 0 Å². The van der Waals surface area contributed by atoms with E-state index in [9.17, 15) is 0 Å². The fourth-order valence-corrected chi connectivity index (χ4v) is 2.83. The predicted molar refractivity (Wildman–Crippen MR) is 71.9 cm³/mol. The fraction of sp³-hybridized carbons (Fsp3) is 0.583. The van der Waals surface area contributed by atoms with Gasteiger partial charge in [-0.25, -0.2) is 0 Å². The molecular formula is C12H17NOS2. The van der Waals surface area contributed by atoms with Crippen LogP contribution in [-0.4, -0.2) is 18.2 Å². The van der Waals surface area contributed by atoms with Crippen LogP contribution >= 0.6 is 23.6 Å². The van der Waals surface area contributed by atoms with Crippen molar-refractivity contribution in [3.05, 3.63) is 22.4 Å². The molecular weight excluding hydrogens is 238 g/mol. The van der Waals surface area contributed by atoms with E-state index in [4.69, 9.17) is 22.7 Å². The summed E-state index contributed by atoms with van der Waals surface area (Å²) in [6.07, 6.45) is 4.29. The summed E-state index contributed by atoms with van der Waals surface area (Å²) in [4.78, 5) is 2.01. The molecule has 1 heterocycles. The molecule has 0 saturated heterocycles. The SMILES string of the molecule is NC(=S)CC1(COCCc2cccs2)CC1. The van der Waals surface area contributed by atoms with E-state index >= 15 is 0 Å². The van der Waals surface area contributed by atoms with Gasteiger partial charge in [-0.3, -0.25) is 0 Å². The smallest absolute Gasteiger partial charge is 0.0733 e. The molecule has 1 aromatic rings. The van der Waals surface area contributed by atoms with E-state index in [1.165, 1.54) is 17.7 Å². The van der Waals surface area contributed by atoms with Crippen LogP contribution in [0.5, 0.6) is 0 Å². The molecule has 0 aromatic carbocycles.